The smallest absolute Gasteiger partial charge is 0.243 e. The van der Waals surface area contributed by atoms with Crippen LogP contribution >= 0.6 is 35.3 Å². The minimum Gasteiger partial charge on any atom is -0.379 e. The molecule has 1 aromatic rings. The number of halogens is 1. The number of rotatable bonds is 9. The molecule has 0 saturated carbocycles. The fraction of sp³-hybridized carbons (Fsp3) is 0.700. The van der Waals surface area contributed by atoms with Gasteiger partial charge in [-0.2, -0.15) is 0 Å². The molecule has 0 unspecified atom stereocenters. The molecule has 2 rings (SSSR count). The fourth-order valence-electron chi connectivity index (χ4n) is 2.85. The molecule has 2 N–H and O–H groups in total. The summed E-state index contributed by atoms with van der Waals surface area (Å²) in [6, 6.07) is 4.24. The number of hydrogen-bond donors (Lipinski definition) is 2. The van der Waals surface area contributed by atoms with Gasteiger partial charge in [0, 0.05) is 50.6 Å². The lowest BCUT2D eigenvalue weighted by molar-refractivity contribution is -0.127. The highest BCUT2D eigenvalue weighted by Gasteiger charge is 2.22. The molecule has 0 aliphatic carbocycles. The van der Waals surface area contributed by atoms with Crippen LogP contribution in [0.5, 0.6) is 0 Å². The molecule has 0 aromatic carbocycles. The fourth-order valence-corrected chi connectivity index (χ4v) is 3.70. The van der Waals surface area contributed by atoms with Gasteiger partial charge in [0.1, 0.15) is 6.54 Å². The van der Waals surface area contributed by atoms with Crippen molar-refractivity contribution in [3.8, 4) is 0 Å². The van der Waals surface area contributed by atoms with Crippen LogP contribution in [0.25, 0.3) is 0 Å². The molecule has 1 saturated heterocycles. The normalized spacial score (nSPS) is 15.5. The first-order chi connectivity index (χ1) is 13.4. The third-order valence-electron chi connectivity index (χ3n) is 4.80. The van der Waals surface area contributed by atoms with Crippen LogP contribution in [-0.4, -0.2) is 88.2 Å². The highest BCUT2D eigenvalue weighted by atomic mass is 127. The van der Waals surface area contributed by atoms with Crippen LogP contribution in [0.15, 0.2) is 22.5 Å². The minimum atomic E-state index is -0.00747. The number of carbonyl (C=O) groups excluding carboxylic acids is 1. The van der Waals surface area contributed by atoms with Gasteiger partial charge in [-0.25, -0.2) is 4.99 Å². The zero-order valence-electron chi connectivity index (χ0n) is 18.1. The van der Waals surface area contributed by atoms with Crippen molar-refractivity contribution in [3.05, 3.63) is 22.4 Å². The summed E-state index contributed by atoms with van der Waals surface area (Å²) in [5.41, 5.74) is -0.00399. The van der Waals surface area contributed by atoms with Crippen LogP contribution in [0.3, 0.4) is 0 Å². The Bertz CT molecular complexity index is 616. The molecule has 0 radical (unpaired) electrons. The summed E-state index contributed by atoms with van der Waals surface area (Å²) in [6.45, 7) is 10.8. The lowest BCUT2D eigenvalue weighted by atomic mass is 9.91. The average Bonchev–Trinajstić information content (AvgIpc) is 3.23. The van der Waals surface area contributed by atoms with E-state index >= 15 is 0 Å². The van der Waals surface area contributed by atoms with E-state index < -0.39 is 0 Å². The molecule has 1 aliphatic heterocycles. The second-order valence-corrected chi connectivity index (χ2v) is 8.85. The molecule has 9 heteroatoms. The number of morpholine rings is 1. The van der Waals surface area contributed by atoms with Crippen molar-refractivity contribution in [1.82, 2.24) is 20.4 Å². The van der Waals surface area contributed by atoms with Gasteiger partial charge in [-0.05, 0) is 24.4 Å². The third-order valence-corrected chi connectivity index (χ3v) is 6.04. The first kappa shape index (κ1) is 26.1. The van der Waals surface area contributed by atoms with E-state index in [1.807, 2.05) is 0 Å². The first-order valence-corrected chi connectivity index (χ1v) is 10.8. The Morgan fingerprint density at radius 1 is 1.31 bits per heavy atom. The third kappa shape index (κ3) is 9.63. The number of nitrogens with one attached hydrogen (secondary N) is 2. The van der Waals surface area contributed by atoms with Crippen molar-refractivity contribution in [2.45, 2.75) is 25.7 Å². The number of carbonyl (C=O) groups is 1. The predicted molar refractivity (Wildman–Crippen MR) is 132 cm³/mol. The largest absolute Gasteiger partial charge is 0.379 e. The number of hydrogen-bond acceptors (Lipinski definition) is 5. The number of guanidine groups is 1. The van der Waals surface area contributed by atoms with Gasteiger partial charge in [0.25, 0.3) is 0 Å². The molecule has 0 bridgehead atoms. The van der Waals surface area contributed by atoms with E-state index in [-0.39, 0.29) is 41.8 Å². The maximum absolute atomic E-state index is 11.9. The maximum atomic E-state index is 11.9. The molecular formula is C20H36IN5O2S. The summed E-state index contributed by atoms with van der Waals surface area (Å²) in [7, 11) is 3.50. The van der Waals surface area contributed by atoms with Gasteiger partial charge in [-0.15, -0.1) is 35.3 Å². The predicted octanol–water partition coefficient (Wildman–Crippen LogP) is 1.99. The van der Waals surface area contributed by atoms with Crippen LogP contribution in [0.4, 0.5) is 0 Å². The molecule has 1 aromatic heterocycles. The molecule has 166 valence electrons. The van der Waals surface area contributed by atoms with E-state index in [1.54, 1.807) is 30.3 Å². The van der Waals surface area contributed by atoms with E-state index in [1.165, 1.54) is 4.88 Å². The van der Waals surface area contributed by atoms with Crippen LogP contribution in [-0.2, 0) is 14.9 Å². The Kier molecular flexibility index (Phi) is 12.1. The van der Waals surface area contributed by atoms with Crippen LogP contribution in [0.1, 0.15) is 25.1 Å². The molecular weight excluding hydrogens is 501 g/mol. The van der Waals surface area contributed by atoms with Crippen molar-refractivity contribution in [1.29, 1.82) is 0 Å². The number of ether oxygens (including phenoxy) is 1. The Labute approximate surface area is 196 Å². The van der Waals surface area contributed by atoms with Gasteiger partial charge in [-0.1, -0.05) is 19.9 Å². The number of likely N-dealkylation sites (N-methyl/N-ethyl adjacent to an activating group) is 1. The van der Waals surface area contributed by atoms with Crippen molar-refractivity contribution in [2.75, 3.05) is 66.6 Å². The zero-order valence-corrected chi connectivity index (χ0v) is 21.2. The Balaban J connectivity index is 0.00000420. The second kappa shape index (κ2) is 13.4. The Morgan fingerprint density at radius 2 is 2.03 bits per heavy atom. The molecule has 1 aliphatic rings. The summed E-state index contributed by atoms with van der Waals surface area (Å²) in [4.78, 5) is 21.7. The van der Waals surface area contributed by atoms with Crippen molar-refractivity contribution in [3.63, 3.8) is 0 Å². The van der Waals surface area contributed by atoms with Gasteiger partial charge in [0.15, 0.2) is 5.96 Å². The summed E-state index contributed by atoms with van der Waals surface area (Å²) < 4.78 is 5.39. The van der Waals surface area contributed by atoms with Gasteiger partial charge in [0.05, 0.1) is 13.2 Å². The number of amides is 1. The SMILES string of the molecule is CN(C)C(=O)CN=C(NCCCN1CCOCC1)NCC(C)(C)c1cccs1.I. The van der Waals surface area contributed by atoms with Gasteiger partial charge in [0.2, 0.25) is 5.91 Å². The number of thiophene rings is 1. The van der Waals surface area contributed by atoms with E-state index in [2.05, 4.69) is 51.9 Å². The lowest BCUT2D eigenvalue weighted by Crippen LogP contribution is -2.45. The number of nitrogens with zero attached hydrogens (tertiary/aromatic N) is 3. The summed E-state index contributed by atoms with van der Waals surface area (Å²) in [6.07, 6.45) is 1.02. The monoisotopic (exact) mass is 537 g/mol. The molecule has 1 fully saturated rings. The van der Waals surface area contributed by atoms with Gasteiger partial charge >= 0.3 is 0 Å². The van der Waals surface area contributed by atoms with Crippen molar-refractivity contribution >= 4 is 47.2 Å². The second-order valence-electron chi connectivity index (χ2n) is 7.90. The molecule has 2 heterocycles. The van der Waals surface area contributed by atoms with Gasteiger partial charge < -0.3 is 20.3 Å². The quantitative estimate of drug-likeness (QED) is 0.218. The summed E-state index contributed by atoms with van der Waals surface area (Å²) in [5, 5.41) is 8.91. The molecule has 7 nitrogen and oxygen atoms in total. The van der Waals surface area contributed by atoms with Crippen LogP contribution in [0.2, 0.25) is 0 Å². The minimum absolute atomic E-state index is 0. The topological polar surface area (TPSA) is 69.2 Å². The number of aliphatic imine (C=N–C) groups is 1. The highest BCUT2D eigenvalue weighted by Crippen LogP contribution is 2.26. The maximum Gasteiger partial charge on any atom is 0.243 e. The molecule has 1 amide bonds. The van der Waals surface area contributed by atoms with Crippen molar-refractivity contribution in [2.24, 2.45) is 4.99 Å². The van der Waals surface area contributed by atoms with Crippen LogP contribution in [0, 0.1) is 0 Å². The van der Waals surface area contributed by atoms with E-state index in [9.17, 15) is 4.79 Å². The molecule has 0 atom stereocenters. The van der Waals surface area contributed by atoms with E-state index in [0.717, 1.165) is 52.4 Å². The summed E-state index contributed by atoms with van der Waals surface area (Å²) in [5.74, 6) is 0.689. The van der Waals surface area contributed by atoms with E-state index in [4.69, 9.17) is 4.74 Å². The zero-order chi connectivity index (χ0) is 20.4. The molecule has 0 spiro atoms. The Hall–Kier alpha value is -0.910. The summed E-state index contributed by atoms with van der Waals surface area (Å²) >= 11 is 1.76. The van der Waals surface area contributed by atoms with Gasteiger partial charge in [-0.3, -0.25) is 9.69 Å². The van der Waals surface area contributed by atoms with Crippen LogP contribution < -0.4 is 10.6 Å². The highest BCUT2D eigenvalue weighted by molar-refractivity contribution is 14.0. The average molecular weight is 538 g/mol. The van der Waals surface area contributed by atoms with E-state index in [0.29, 0.717) is 5.96 Å². The molecule has 29 heavy (non-hydrogen) atoms. The first-order valence-electron chi connectivity index (χ1n) is 9.95. The standard InChI is InChI=1S/C20H35N5O2S.HI/c1-20(2,17-7-5-14-28-17)16-23-19(22-15-18(26)24(3)4)21-8-6-9-25-10-12-27-13-11-25;/h5,7,14H,6,8-13,15-16H2,1-4H3,(H2,21,22,23);1H. The van der Waals surface area contributed by atoms with Crippen molar-refractivity contribution < 1.29 is 9.53 Å². The Morgan fingerprint density at radius 3 is 2.66 bits per heavy atom. The lowest BCUT2D eigenvalue weighted by Gasteiger charge is -2.27.